The number of sulfone groups is 1. The Hall–Kier alpha value is -2.14. The molecule has 0 atom stereocenters. The van der Waals surface area contributed by atoms with E-state index in [4.69, 9.17) is 0 Å². The number of benzene rings is 2. The van der Waals surface area contributed by atoms with Gasteiger partial charge >= 0.3 is 0 Å². The Bertz CT molecular complexity index is 638. The van der Waals surface area contributed by atoms with Crippen LogP contribution in [0.4, 0.5) is 5.69 Å². The zero-order valence-corrected chi connectivity index (χ0v) is 11.0. The van der Waals surface area contributed by atoms with E-state index in [0.29, 0.717) is 4.90 Å². The van der Waals surface area contributed by atoms with Gasteiger partial charge in [0, 0.05) is 6.21 Å². The zero-order valence-electron chi connectivity index (χ0n) is 10.2. The summed E-state index contributed by atoms with van der Waals surface area (Å²) in [5.74, 6) is -0.128. The van der Waals surface area contributed by atoms with E-state index in [1.54, 1.807) is 30.3 Å². The van der Waals surface area contributed by atoms with Crippen molar-refractivity contribution >= 4 is 21.7 Å². The molecule has 0 bridgehead atoms. The number of nitrogens with zero attached hydrogens (tertiary/aromatic N) is 1. The second-order valence-electron chi connectivity index (χ2n) is 3.88. The Labute approximate surface area is 112 Å². The first-order valence-electron chi connectivity index (χ1n) is 5.79. The third kappa shape index (κ3) is 3.93. The van der Waals surface area contributed by atoms with Crippen LogP contribution in [-0.4, -0.2) is 20.4 Å². The molecule has 1 N–H and O–H groups in total. The summed E-state index contributed by atoms with van der Waals surface area (Å²) in [7, 11) is -3.30. The van der Waals surface area contributed by atoms with Crippen LogP contribution in [0.15, 0.2) is 70.7 Å². The smallest absolute Gasteiger partial charge is 0.183 e. The molecule has 2 aromatic rings. The first-order chi connectivity index (χ1) is 9.18. The molecule has 98 valence electrons. The molecule has 2 aromatic carbocycles. The molecule has 0 aliphatic rings. The summed E-state index contributed by atoms with van der Waals surface area (Å²) in [5, 5.41) is 3.90. The van der Waals surface area contributed by atoms with Crippen LogP contribution in [0.5, 0.6) is 0 Å². The number of rotatable bonds is 5. The van der Waals surface area contributed by atoms with Gasteiger partial charge in [0.2, 0.25) is 0 Å². The van der Waals surface area contributed by atoms with Gasteiger partial charge in [0.15, 0.2) is 9.84 Å². The van der Waals surface area contributed by atoms with Crippen molar-refractivity contribution in [1.82, 2.24) is 0 Å². The van der Waals surface area contributed by atoms with E-state index in [2.05, 4.69) is 10.5 Å². The predicted octanol–water partition coefficient (Wildman–Crippen LogP) is 2.56. The second-order valence-corrected chi connectivity index (χ2v) is 5.92. The Morgan fingerprint density at radius 1 is 0.947 bits per heavy atom. The molecular weight excluding hydrogens is 260 g/mol. The number of hydrazone groups is 1. The van der Waals surface area contributed by atoms with Gasteiger partial charge in [-0.15, -0.1) is 0 Å². The SMILES string of the molecule is O=S(=O)(C/C=N/Nc1ccccc1)c1ccccc1. The second kappa shape index (κ2) is 6.15. The molecule has 0 unspecified atom stereocenters. The molecule has 0 fully saturated rings. The highest BCUT2D eigenvalue weighted by molar-refractivity contribution is 7.92. The van der Waals surface area contributed by atoms with Crippen LogP contribution in [-0.2, 0) is 9.84 Å². The van der Waals surface area contributed by atoms with Crippen molar-refractivity contribution in [1.29, 1.82) is 0 Å². The lowest BCUT2D eigenvalue weighted by Gasteiger charge is -2.01. The van der Waals surface area contributed by atoms with Crippen LogP contribution in [0, 0.1) is 0 Å². The lowest BCUT2D eigenvalue weighted by Crippen LogP contribution is -2.08. The molecule has 2 rings (SSSR count). The van der Waals surface area contributed by atoms with Gasteiger partial charge in [0.1, 0.15) is 0 Å². The van der Waals surface area contributed by atoms with Crippen molar-refractivity contribution in [2.24, 2.45) is 5.10 Å². The van der Waals surface area contributed by atoms with E-state index in [1.165, 1.54) is 6.21 Å². The summed E-state index contributed by atoms with van der Waals surface area (Å²) in [5.41, 5.74) is 3.59. The maximum Gasteiger partial charge on any atom is 0.183 e. The summed E-state index contributed by atoms with van der Waals surface area (Å²) in [4.78, 5) is 0.307. The highest BCUT2D eigenvalue weighted by Crippen LogP contribution is 2.09. The lowest BCUT2D eigenvalue weighted by molar-refractivity contribution is 0.600. The number of nitrogens with one attached hydrogen (secondary N) is 1. The van der Waals surface area contributed by atoms with Crippen LogP contribution < -0.4 is 5.43 Å². The average molecular weight is 274 g/mol. The van der Waals surface area contributed by atoms with Crippen LogP contribution in [0.1, 0.15) is 0 Å². The fourth-order valence-electron chi connectivity index (χ4n) is 1.49. The minimum absolute atomic E-state index is 0.128. The summed E-state index contributed by atoms with van der Waals surface area (Å²) >= 11 is 0. The molecule has 0 saturated carbocycles. The summed E-state index contributed by atoms with van der Waals surface area (Å²) in [6, 6.07) is 17.7. The standard InChI is InChI=1S/C14H14N2O2S/c17-19(18,14-9-5-2-6-10-14)12-11-15-16-13-7-3-1-4-8-13/h1-11,16H,12H2/b15-11+. The molecular formula is C14H14N2O2S. The molecule has 0 spiro atoms. The van der Waals surface area contributed by atoms with Gasteiger partial charge in [-0.2, -0.15) is 5.10 Å². The molecule has 0 aromatic heterocycles. The van der Waals surface area contributed by atoms with Gasteiger partial charge in [-0.05, 0) is 24.3 Å². The van der Waals surface area contributed by atoms with Gasteiger partial charge in [-0.1, -0.05) is 36.4 Å². The van der Waals surface area contributed by atoms with E-state index >= 15 is 0 Å². The third-order valence-corrected chi connectivity index (χ3v) is 4.03. The van der Waals surface area contributed by atoms with Gasteiger partial charge in [-0.3, -0.25) is 5.43 Å². The molecule has 4 nitrogen and oxygen atoms in total. The molecule has 5 heteroatoms. The number of hydrogen-bond acceptors (Lipinski definition) is 4. The highest BCUT2D eigenvalue weighted by Gasteiger charge is 2.11. The van der Waals surface area contributed by atoms with Crippen LogP contribution >= 0.6 is 0 Å². The maximum absolute atomic E-state index is 11.9. The topological polar surface area (TPSA) is 58.5 Å². The first kappa shape index (κ1) is 13.3. The summed E-state index contributed by atoms with van der Waals surface area (Å²) in [6.45, 7) is 0. The Kier molecular flexibility index (Phi) is 4.30. The first-order valence-corrected chi connectivity index (χ1v) is 7.44. The quantitative estimate of drug-likeness (QED) is 0.673. The van der Waals surface area contributed by atoms with Gasteiger partial charge in [0.05, 0.1) is 16.3 Å². The van der Waals surface area contributed by atoms with E-state index in [0.717, 1.165) is 5.69 Å². The van der Waals surface area contributed by atoms with Gasteiger partial charge < -0.3 is 0 Å². The average Bonchev–Trinajstić information content (AvgIpc) is 2.46. The fourth-order valence-corrected chi connectivity index (χ4v) is 2.53. The number of hydrogen-bond donors (Lipinski definition) is 1. The van der Waals surface area contributed by atoms with Crippen molar-refractivity contribution < 1.29 is 8.42 Å². The van der Waals surface area contributed by atoms with Gasteiger partial charge in [0.25, 0.3) is 0 Å². The number of anilines is 1. The molecule has 0 aliphatic heterocycles. The lowest BCUT2D eigenvalue weighted by atomic mass is 10.3. The minimum atomic E-state index is -3.30. The minimum Gasteiger partial charge on any atom is -0.279 e. The van der Waals surface area contributed by atoms with Crippen LogP contribution in [0.3, 0.4) is 0 Å². The van der Waals surface area contributed by atoms with E-state index < -0.39 is 9.84 Å². The van der Waals surface area contributed by atoms with E-state index in [9.17, 15) is 8.42 Å². The molecule has 0 radical (unpaired) electrons. The Balaban J connectivity index is 1.95. The summed E-state index contributed by atoms with van der Waals surface area (Å²) in [6.07, 6.45) is 1.36. The van der Waals surface area contributed by atoms with Crippen LogP contribution in [0.2, 0.25) is 0 Å². The molecule has 0 saturated heterocycles. The molecule has 0 aliphatic carbocycles. The van der Waals surface area contributed by atoms with Crippen molar-refractivity contribution in [3.05, 3.63) is 60.7 Å². The monoisotopic (exact) mass is 274 g/mol. The largest absolute Gasteiger partial charge is 0.279 e. The van der Waals surface area contributed by atoms with Crippen molar-refractivity contribution in [2.75, 3.05) is 11.2 Å². The molecule has 19 heavy (non-hydrogen) atoms. The fraction of sp³-hybridized carbons (Fsp3) is 0.0714. The normalized spacial score (nSPS) is 11.6. The van der Waals surface area contributed by atoms with E-state index in [-0.39, 0.29) is 5.75 Å². The highest BCUT2D eigenvalue weighted by atomic mass is 32.2. The number of para-hydroxylation sites is 1. The third-order valence-electron chi connectivity index (χ3n) is 2.45. The van der Waals surface area contributed by atoms with Gasteiger partial charge in [-0.25, -0.2) is 8.42 Å². The zero-order chi connectivity index (χ0) is 13.6. The Morgan fingerprint density at radius 2 is 1.53 bits per heavy atom. The van der Waals surface area contributed by atoms with E-state index in [1.807, 2.05) is 30.3 Å². The molecule has 0 amide bonds. The maximum atomic E-state index is 11.9. The summed E-state index contributed by atoms with van der Waals surface area (Å²) < 4.78 is 23.8. The van der Waals surface area contributed by atoms with Crippen molar-refractivity contribution in [3.63, 3.8) is 0 Å². The van der Waals surface area contributed by atoms with Crippen molar-refractivity contribution in [2.45, 2.75) is 4.90 Å². The Morgan fingerprint density at radius 3 is 2.16 bits per heavy atom. The predicted molar refractivity (Wildman–Crippen MR) is 77.1 cm³/mol. The van der Waals surface area contributed by atoms with Crippen LogP contribution in [0.25, 0.3) is 0 Å². The van der Waals surface area contributed by atoms with Crippen molar-refractivity contribution in [3.8, 4) is 0 Å². The molecule has 0 heterocycles.